The van der Waals surface area contributed by atoms with E-state index in [1.165, 1.54) is 20.0 Å². The molecule has 0 bridgehead atoms. The van der Waals surface area contributed by atoms with Crippen LogP contribution in [0.3, 0.4) is 0 Å². The van der Waals surface area contributed by atoms with Crippen molar-refractivity contribution in [3.8, 4) is 18.1 Å². The number of aromatic amines is 1. The van der Waals surface area contributed by atoms with E-state index in [1.54, 1.807) is 44.2 Å². The van der Waals surface area contributed by atoms with Crippen molar-refractivity contribution in [3.63, 3.8) is 0 Å². The van der Waals surface area contributed by atoms with Gasteiger partial charge in [0.15, 0.2) is 6.23 Å². The highest BCUT2D eigenvalue weighted by molar-refractivity contribution is 7.52. The number of aliphatic hydroxyl groups is 1. The number of rotatable bonds is 10. The number of carbonyl (C=O) groups is 1. The predicted octanol–water partition coefficient (Wildman–Crippen LogP) is 1.57. The summed E-state index contributed by atoms with van der Waals surface area (Å²) in [5.74, 6) is 1.97. The molecular formula is C24H30N3O9P. The van der Waals surface area contributed by atoms with Crippen LogP contribution < -0.4 is 20.9 Å². The number of esters is 1. The van der Waals surface area contributed by atoms with E-state index in [0.29, 0.717) is 0 Å². The third-order valence-electron chi connectivity index (χ3n) is 5.63. The lowest BCUT2D eigenvalue weighted by atomic mass is 9.83. The summed E-state index contributed by atoms with van der Waals surface area (Å²) in [4.78, 5) is 38.2. The van der Waals surface area contributed by atoms with E-state index >= 15 is 0 Å². The second-order valence-corrected chi connectivity index (χ2v) is 10.6. The van der Waals surface area contributed by atoms with E-state index in [-0.39, 0.29) is 5.75 Å². The Kier molecular flexibility index (Phi) is 8.79. The fourth-order valence-electron chi connectivity index (χ4n) is 3.67. The highest BCUT2D eigenvalue weighted by atomic mass is 31.2. The van der Waals surface area contributed by atoms with Gasteiger partial charge in [-0.2, -0.15) is 5.09 Å². The van der Waals surface area contributed by atoms with Gasteiger partial charge in [0.05, 0.1) is 12.7 Å². The Labute approximate surface area is 213 Å². The molecule has 0 amide bonds. The smallest absolute Gasteiger partial charge is 0.459 e. The fraction of sp³-hybridized carbons (Fsp3) is 0.458. The molecule has 12 nitrogen and oxygen atoms in total. The van der Waals surface area contributed by atoms with Gasteiger partial charge in [0.2, 0.25) is 0 Å². The highest BCUT2D eigenvalue weighted by Gasteiger charge is 2.54. The number of aromatic nitrogens is 2. The summed E-state index contributed by atoms with van der Waals surface area (Å²) in [6, 6.07) is 8.18. The zero-order valence-electron chi connectivity index (χ0n) is 20.8. The summed E-state index contributed by atoms with van der Waals surface area (Å²) in [6.07, 6.45) is 2.80. The number of H-pyrrole nitrogens is 1. The minimum atomic E-state index is -4.24. The van der Waals surface area contributed by atoms with Crippen molar-refractivity contribution in [1.82, 2.24) is 14.6 Å². The van der Waals surface area contributed by atoms with Gasteiger partial charge < -0.3 is 19.1 Å². The molecule has 1 aromatic heterocycles. The normalized spacial score (nSPS) is 25.7. The second kappa shape index (κ2) is 11.5. The average Bonchev–Trinajstić information content (AvgIpc) is 3.08. The number of hydrogen-bond acceptors (Lipinski definition) is 9. The van der Waals surface area contributed by atoms with Gasteiger partial charge in [-0.05, 0) is 39.8 Å². The second-order valence-electron chi connectivity index (χ2n) is 8.95. The molecule has 6 atom stereocenters. The quantitative estimate of drug-likeness (QED) is 0.232. The van der Waals surface area contributed by atoms with Gasteiger partial charge in [-0.25, -0.2) is 9.36 Å². The predicted molar refractivity (Wildman–Crippen MR) is 133 cm³/mol. The van der Waals surface area contributed by atoms with Crippen molar-refractivity contribution in [3.05, 3.63) is 63.4 Å². The van der Waals surface area contributed by atoms with Crippen molar-refractivity contribution in [2.45, 2.75) is 58.3 Å². The van der Waals surface area contributed by atoms with Crippen LogP contribution in [0.15, 0.2) is 52.2 Å². The molecule has 2 aromatic rings. The summed E-state index contributed by atoms with van der Waals surface area (Å²) in [5.41, 5.74) is -2.82. The molecule has 0 aliphatic carbocycles. The lowest BCUT2D eigenvalue weighted by Gasteiger charge is -2.28. The Hall–Kier alpha value is -3.20. The van der Waals surface area contributed by atoms with Crippen LogP contribution in [0.5, 0.6) is 5.75 Å². The molecule has 3 N–H and O–H groups in total. The molecule has 200 valence electrons. The van der Waals surface area contributed by atoms with Crippen molar-refractivity contribution >= 4 is 13.7 Å². The van der Waals surface area contributed by atoms with Gasteiger partial charge >= 0.3 is 19.4 Å². The summed E-state index contributed by atoms with van der Waals surface area (Å²) < 4.78 is 36.9. The number of aliphatic hydroxyl groups excluding tert-OH is 1. The molecule has 0 radical (unpaired) electrons. The lowest BCUT2D eigenvalue weighted by Crippen LogP contribution is -2.41. The molecule has 0 spiro atoms. The first-order valence-corrected chi connectivity index (χ1v) is 13.0. The van der Waals surface area contributed by atoms with Crippen LogP contribution in [0.4, 0.5) is 0 Å². The first kappa shape index (κ1) is 28.4. The molecule has 1 fully saturated rings. The monoisotopic (exact) mass is 535 g/mol. The summed E-state index contributed by atoms with van der Waals surface area (Å²) in [6.45, 7) is 5.79. The number of carbonyl (C=O) groups excluding carboxylic acids is 1. The third kappa shape index (κ3) is 6.57. The number of nitrogens with zero attached hydrogens (tertiary/aromatic N) is 1. The summed E-state index contributed by atoms with van der Waals surface area (Å²) >= 11 is 0. The Bertz CT molecular complexity index is 1300. The Morgan fingerprint density at radius 3 is 2.57 bits per heavy atom. The van der Waals surface area contributed by atoms with Crippen LogP contribution >= 0.6 is 7.75 Å². The van der Waals surface area contributed by atoms with Crippen molar-refractivity contribution in [2.24, 2.45) is 5.41 Å². The van der Waals surface area contributed by atoms with Crippen LogP contribution in [0.2, 0.25) is 0 Å². The molecule has 1 saturated heterocycles. The molecule has 37 heavy (non-hydrogen) atoms. The van der Waals surface area contributed by atoms with E-state index < -0.39 is 67.6 Å². The highest BCUT2D eigenvalue weighted by Crippen LogP contribution is 2.48. The molecule has 0 unspecified atom stereocenters. The van der Waals surface area contributed by atoms with Crippen LogP contribution in [-0.4, -0.2) is 51.6 Å². The maximum atomic E-state index is 13.7. The van der Waals surface area contributed by atoms with Gasteiger partial charge in [-0.15, -0.1) is 6.42 Å². The lowest BCUT2D eigenvalue weighted by molar-refractivity contribution is -0.149. The third-order valence-corrected chi connectivity index (χ3v) is 7.28. The molecule has 1 aliphatic heterocycles. The van der Waals surface area contributed by atoms with Crippen molar-refractivity contribution in [1.29, 1.82) is 0 Å². The van der Waals surface area contributed by atoms with E-state index in [2.05, 4.69) is 16.0 Å². The van der Waals surface area contributed by atoms with Gasteiger partial charge in [-0.3, -0.25) is 23.7 Å². The van der Waals surface area contributed by atoms with E-state index in [0.717, 1.165) is 10.6 Å². The van der Waals surface area contributed by atoms with E-state index in [4.69, 9.17) is 24.9 Å². The number of benzene rings is 1. The van der Waals surface area contributed by atoms with Gasteiger partial charge in [-0.1, -0.05) is 24.1 Å². The largest absolute Gasteiger partial charge is 0.462 e. The zero-order chi connectivity index (χ0) is 27.4. The number of hydrogen-bond donors (Lipinski definition) is 3. The van der Waals surface area contributed by atoms with Crippen molar-refractivity contribution in [2.75, 3.05) is 6.61 Å². The van der Waals surface area contributed by atoms with Gasteiger partial charge in [0, 0.05) is 12.3 Å². The minimum absolute atomic E-state index is 0.196. The SMILES string of the molecule is C#C[C@]1(C)[C@H](O)[C@@H](CO[P@](=O)(N[C@@H](C)C(=O)OC(C)C)Oc2ccccc2)O[C@H]1n1ccc(=O)[nH]c1=O. The number of ether oxygens (including phenoxy) is 2. The van der Waals surface area contributed by atoms with Crippen LogP contribution in [0.25, 0.3) is 0 Å². The number of para-hydroxylation sites is 1. The first-order valence-electron chi connectivity index (χ1n) is 11.5. The topological polar surface area (TPSA) is 158 Å². The Balaban J connectivity index is 1.84. The van der Waals surface area contributed by atoms with Crippen molar-refractivity contribution < 1.29 is 33.0 Å². The van der Waals surface area contributed by atoms with Crippen LogP contribution in [0, 0.1) is 17.8 Å². The van der Waals surface area contributed by atoms with Gasteiger partial charge in [0.25, 0.3) is 5.56 Å². The van der Waals surface area contributed by atoms with Crippen LogP contribution in [0.1, 0.15) is 33.9 Å². The Morgan fingerprint density at radius 1 is 1.30 bits per heavy atom. The van der Waals surface area contributed by atoms with E-state index in [9.17, 15) is 24.1 Å². The van der Waals surface area contributed by atoms with Gasteiger partial charge in [0.1, 0.15) is 29.4 Å². The standard InChI is InChI=1S/C24H30N3O9P/c1-6-24(5)20(29)18(35-22(24)27-13-12-19(28)25-23(27)31)14-33-37(32,36-17-10-8-7-9-11-17)26-16(4)21(30)34-15(2)3/h1,7-13,15-16,18,20,22,29H,14H2,2-5H3,(H,26,32)(H,25,28,31)/t16-,18+,20+,22+,24+,37+/m0/s1. The molecule has 1 aliphatic rings. The number of nitrogens with one attached hydrogen (secondary N) is 2. The molecule has 0 saturated carbocycles. The molecule has 13 heteroatoms. The van der Waals surface area contributed by atoms with E-state index in [1.807, 2.05) is 0 Å². The first-order chi connectivity index (χ1) is 17.4. The Morgan fingerprint density at radius 2 is 1.97 bits per heavy atom. The molecule has 1 aromatic carbocycles. The zero-order valence-corrected chi connectivity index (χ0v) is 21.7. The maximum absolute atomic E-state index is 13.7. The fourth-order valence-corrected chi connectivity index (χ4v) is 5.18. The molecule has 2 heterocycles. The minimum Gasteiger partial charge on any atom is -0.462 e. The average molecular weight is 535 g/mol. The molecule has 3 rings (SSSR count). The molecular weight excluding hydrogens is 505 g/mol. The summed E-state index contributed by atoms with van der Waals surface area (Å²) in [7, 11) is -4.24. The maximum Gasteiger partial charge on any atom is 0.459 e. The van der Waals surface area contributed by atoms with Crippen LogP contribution in [-0.2, 0) is 23.4 Å². The summed E-state index contributed by atoms with van der Waals surface area (Å²) in [5, 5.41) is 13.5. The number of terminal acetylenes is 1.